The van der Waals surface area contributed by atoms with E-state index in [0.717, 1.165) is 0 Å². The molecule has 0 aromatic rings. The Kier molecular flexibility index (Phi) is 21.1. The maximum atomic E-state index is 8.00. The molecule has 0 radical (unpaired) electrons. The first kappa shape index (κ1) is 17.6. The van der Waals surface area contributed by atoms with Gasteiger partial charge in [0.2, 0.25) is 0 Å². The third-order valence-electron chi connectivity index (χ3n) is 0.421. The molecule has 0 saturated heterocycles. The summed E-state index contributed by atoms with van der Waals surface area (Å²) in [5.41, 5.74) is 0. The van der Waals surface area contributed by atoms with Crippen LogP contribution in [0.1, 0.15) is 0 Å². The third kappa shape index (κ3) is 37.2. The van der Waals surface area contributed by atoms with Crippen LogP contribution >= 0.6 is 0 Å². The smallest absolute Gasteiger partial charge is 0.423 e. The van der Waals surface area contributed by atoms with Gasteiger partial charge < -0.3 is 34.3 Å². The van der Waals surface area contributed by atoms with Gasteiger partial charge in [0.25, 0.3) is 0 Å². The maximum absolute atomic E-state index is 8.00. The molecule has 0 aromatic carbocycles. The monoisotopic (exact) mass is 198 g/mol. The summed E-state index contributed by atoms with van der Waals surface area (Å²) in [6, 6.07) is 0. The van der Waals surface area contributed by atoms with Crippen LogP contribution in [0.5, 0.6) is 0 Å². The normalized spacial score (nSPS) is 13.6. The van der Waals surface area contributed by atoms with E-state index in [1.165, 1.54) is 0 Å². The van der Waals surface area contributed by atoms with Crippen molar-refractivity contribution in [2.45, 2.75) is 12.2 Å². The molecular formula is C6H14O4Ti. The van der Waals surface area contributed by atoms with Crippen molar-refractivity contribution < 1.29 is 42.1 Å². The molecule has 4 N–H and O–H groups in total. The molecule has 2 unspecified atom stereocenters. The fourth-order valence-electron chi connectivity index (χ4n) is 0. The number of rotatable bonds is 2. The zero-order chi connectivity index (χ0) is 8.57. The van der Waals surface area contributed by atoms with Crippen LogP contribution < -0.4 is 0 Å². The van der Waals surface area contributed by atoms with Gasteiger partial charge in [-0.25, -0.2) is 0 Å². The molecule has 11 heavy (non-hydrogen) atoms. The molecule has 66 valence electrons. The van der Waals surface area contributed by atoms with Crippen molar-refractivity contribution in [2.75, 3.05) is 13.2 Å². The van der Waals surface area contributed by atoms with E-state index in [-0.39, 0.29) is 34.9 Å². The van der Waals surface area contributed by atoms with Crippen molar-refractivity contribution in [1.82, 2.24) is 0 Å². The van der Waals surface area contributed by atoms with Gasteiger partial charge in [0.1, 0.15) is 0 Å². The Morgan fingerprint density at radius 3 is 1.00 bits per heavy atom. The first-order valence-electron chi connectivity index (χ1n) is 2.78. The Balaban J connectivity index is -0.000000107. The predicted octanol–water partition coefficient (Wildman–Crippen LogP) is -1.66. The van der Waals surface area contributed by atoms with Gasteiger partial charge in [-0.1, -0.05) is 0 Å². The van der Waals surface area contributed by atoms with Gasteiger partial charge in [0, 0.05) is 13.2 Å². The van der Waals surface area contributed by atoms with E-state index in [0.29, 0.717) is 0 Å². The molecule has 0 spiro atoms. The molecule has 0 aliphatic heterocycles. The second kappa shape index (κ2) is 13.2. The molecule has 0 bridgehead atoms. The van der Waals surface area contributed by atoms with E-state index in [2.05, 4.69) is 13.8 Å². The SMILES string of the molecule is [CH2-]C(O)CO.[CH2-]C(O)CO.[Ti+2]. The zero-order valence-electron chi connectivity index (χ0n) is 6.27. The largest absolute Gasteiger partial charge is 2.00 e. The number of aliphatic hydroxyl groups excluding tert-OH is 4. The van der Waals surface area contributed by atoms with Crippen LogP contribution in [0.25, 0.3) is 0 Å². The Hall–Kier alpha value is 0.554. The molecule has 0 rings (SSSR count). The number of aliphatic hydroxyl groups is 4. The summed E-state index contributed by atoms with van der Waals surface area (Å²) in [7, 11) is 0. The Bertz CT molecular complexity index is 50.5. The molecule has 0 aromatic heterocycles. The molecule has 0 saturated carbocycles. The van der Waals surface area contributed by atoms with Crippen LogP contribution in [0.3, 0.4) is 0 Å². The van der Waals surface area contributed by atoms with Crippen LogP contribution in [0.2, 0.25) is 0 Å². The van der Waals surface area contributed by atoms with Gasteiger partial charge in [-0.3, -0.25) is 0 Å². The summed E-state index contributed by atoms with van der Waals surface area (Å²) >= 11 is 0. The van der Waals surface area contributed by atoms with Crippen molar-refractivity contribution in [1.29, 1.82) is 0 Å². The fourth-order valence-corrected chi connectivity index (χ4v) is 0. The van der Waals surface area contributed by atoms with Gasteiger partial charge in [-0.2, -0.15) is 0 Å². The number of hydrogen-bond acceptors (Lipinski definition) is 4. The van der Waals surface area contributed by atoms with Crippen LogP contribution in [0, 0.1) is 13.8 Å². The van der Waals surface area contributed by atoms with Gasteiger partial charge in [-0.15, -0.1) is 0 Å². The van der Waals surface area contributed by atoms with Crippen LogP contribution in [0.4, 0.5) is 0 Å². The van der Waals surface area contributed by atoms with Crippen molar-refractivity contribution in [2.24, 2.45) is 0 Å². The molecule has 0 heterocycles. The van der Waals surface area contributed by atoms with E-state index >= 15 is 0 Å². The summed E-state index contributed by atoms with van der Waals surface area (Å²) in [4.78, 5) is 0. The minimum atomic E-state index is -0.810. The van der Waals surface area contributed by atoms with Crippen LogP contribution in [0.15, 0.2) is 0 Å². The molecule has 0 amide bonds. The second-order valence-electron chi connectivity index (χ2n) is 1.67. The van der Waals surface area contributed by atoms with Gasteiger partial charge >= 0.3 is 21.7 Å². The average molecular weight is 198 g/mol. The van der Waals surface area contributed by atoms with Gasteiger partial charge in [-0.05, 0) is 12.2 Å². The summed E-state index contributed by atoms with van der Waals surface area (Å²) < 4.78 is 0. The Labute approximate surface area is 81.8 Å². The molecular weight excluding hydrogens is 184 g/mol. The molecule has 0 aliphatic rings. The Morgan fingerprint density at radius 2 is 1.00 bits per heavy atom. The van der Waals surface area contributed by atoms with Crippen molar-refractivity contribution in [3.05, 3.63) is 13.8 Å². The second-order valence-corrected chi connectivity index (χ2v) is 1.67. The van der Waals surface area contributed by atoms with Crippen molar-refractivity contribution >= 4 is 0 Å². The van der Waals surface area contributed by atoms with E-state index in [1.54, 1.807) is 0 Å². The zero-order valence-corrected chi connectivity index (χ0v) is 7.83. The summed E-state index contributed by atoms with van der Waals surface area (Å²) in [6.45, 7) is 5.62. The fraction of sp³-hybridized carbons (Fsp3) is 0.667. The minimum Gasteiger partial charge on any atom is -0.423 e. The standard InChI is InChI=1S/2C3H7O2.Ti/c2*1-3(5)2-4;/h2*3-5H,1-2H2;/q2*-1;+2. The van der Waals surface area contributed by atoms with Crippen LogP contribution in [-0.2, 0) is 21.7 Å². The van der Waals surface area contributed by atoms with E-state index in [1.807, 2.05) is 0 Å². The van der Waals surface area contributed by atoms with E-state index < -0.39 is 12.2 Å². The van der Waals surface area contributed by atoms with Gasteiger partial charge in [0.15, 0.2) is 0 Å². The van der Waals surface area contributed by atoms with Gasteiger partial charge in [0.05, 0.1) is 0 Å². The molecule has 2 atom stereocenters. The quantitative estimate of drug-likeness (QED) is 0.316. The maximum Gasteiger partial charge on any atom is 2.00 e. The van der Waals surface area contributed by atoms with E-state index in [4.69, 9.17) is 20.4 Å². The van der Waals surface area contributed by atoms with Crippen LogP contribution in [-0.4, -0.2) is 45.8 Å². The topological polar surface area (TPSA) is 80.9 Å². The molecule has 0 aliphatic carbocycles. The van der Waals surface area contributed by atoms with Crippen molar-refractivity contribution in [3.8, 4) is 0 Å². The minimum absolute atomic E-state index is 0. The number of hydrogen-bond donors (Lipinski definition) is 4. The first-order chi connectivity index (χ1) is 4.54. The van der Waals surface area contributed by atoms with Crippen molar-refractivity contribution in [3.63, 3.8) is 0 Å². The molecule has 4 nitrogen and oxygen atoms in total. The predicted molar refractivity (Wildman–Crippen MR) is 36.9 cm³/mol. The summed E-state index contributed by atoms with van der Waals surface area (Å²) in [5, 5.41) is 31.7. The molecule has 0 fully saturated rings. The summed E-state index contributed by atoms with van der Waals surface area (Å²) in [6.07, 6.45) is -1.62. The third-order valence-corrected chi connectivity index (χ3v) is 0.421. The summed E-state index contributed by atoms with van der Waals surface area (Å²) in [5.74, 6) is 0. The average Bonchev–Trinajstić information content (AvgIpc) is 1.89. The van der Waals surface area contributed by atoms with E-state index in [9.17, 15) is 0 Å². The Morgan fingerprint density at radius 1 is 0.909 bits per heavy atom. The molecule has 5 heteroatoms. The first-order valence-corrected chi connectivity index (χ1v) is 2.78.